The van der Waals surface area contributed by atoms with Gasteiger partial charge in [-0.15, -0.1) is 0 Å². The van der Waals surface area contributed by atoms with Crippen LogP contribution in [0, 0.1) is 13.8 Å². The van der Waals surface area contributed by atoms with Gasteiger partial charge in [-0.1, -0.05) is 47.6 Å². The topological polar surface area (TPSA) is 64.0 Å². The number of hydrogen-bond acceptors (Lipinski definition) is 4. The molecule has 2 aromatic carbocycles. The molecule has 144 valence electrons. The van der Waals surface area contributed by atoms with Crippen molar-refractivity contribution in [2.75, 3.05) is 5.32 Å². The molecule has 5 nitrogen and oxygen atoms in total. The van der Waals surface area contributed by atoms with E-state index in [1.54, 1.807) is 25.1 Å². The van der Waals surface area contributed by atoms with Crippen molar-refractivity contribution in [3.63, 3.8) is 0 Å². The van der Waals surface area contributed by atoms with Gasteiger partial charge >= 0.3 is 0 Å². The van der Waals surface area contributed by atoms with Crippen LogP contribution in [0.15, 0.2) is 64.4 Å². The highest BCUT2D eigenvalue weighted by molar-refractivity contribution is 8.00. The molecule has 1 aromatic heterocycles. The van der Waals surface area contributed by atoms with E-state index < -0.39 is 0 Å². The predicted octanol–water partition coefficient (Wildman–Crippen LogP) is 4.62. The maximum atomic E-state index is 12.5. The fourth-order valence-corrected chi connectivity index (χ4v) is 3.52. The van der Waals surface area contributed by atoms with Crippen LogP contribution in [0.1, 0.15) is 18.1 Å². The molecule has 28 heavy (non-hydrogen) atoms. The highest BCUT2D eigenvalue weighted by atomic mass is 35.5. The molecule has 0 fully saturated rings. The lowest BCUT2D eigenvalue weighted by Crippen LogP contribution is -2.24. The summed E-state index contributed by atoms with van der Waals surface area (Å²) in [6.45, 7) is 5.64. The van der Waals surface area contributed by atoms with Crippen molar-refractivity contribution in [3.05, 3.63) is 81.1 Å². The van der Waals surface area contributed by atoms with Crippen LogP contribution < -0.4 is 10.9 Å². The normalized spacial score (nSPS) is 11.9. The largest absolute Gasteiger partial charge is 0.325 e. The summed E-state index contributed by atoms with van der Waals surface area (Å²) in [6.07, 6.45) is 0. The number of carbonyl (C=O) groups is 1. The highest BCUT2D eigenvalue weighted by Gasteiger charge is 2.17. The van der Waals surface area contributed by atoms with Gasteiger partial charge in [0.2, 0.25) is 5.91 Å². The minimum atomic E-state index is -0.389. The Balaban J connectivity index is 1.79. The zero-order valence-electron chi connectivity index (χ0n) is 15.8. The monoisotopic (exact) mass is 413 g/mol. The van der Waals surface area contributed by atoms with Gasteiger partial charge in [-0.25, -0.2) is 0 Å². The molecule has 0 saturated carbocycles. The quantitative estimate of drug-likeness (QED) is 0.620. The summed E-state index contributed by atoms with van der Waals surface area (Å²) in [5.74, 6) is -0.128. The van der Waals surface area contributed by atoms with Gasteiger partial charge < -0.3 is 5.32 Å². The third-order valence-corrected chi connectivity index (χ3v) is 5.68. The first-order valence-corrected chi connectivity index (χ1v) is 10.0. The number of amides is 1. The molecule has 3 aromatic rings. The van der Waals surface area contributed by atoms with Gasteiger partial charge in [0.25, 0.3) is 5.56 Å². The first kappa shape index (κ1) is 20.2. The van der Waals surface area contributed by atoms with Crippen molar-refractivity contribution in [2.45, 2.75) is 31.0 Å². The first-order valence-electron chi connectivity index (χ1n) is 8.75. The summed E-state index contributed by atoms with van der Waals surface area (Å²) in [7, 11) is 0. The first-order chi connectivity index (χ1) is 13.3. The van der Waals surface area contributed by atoms with E-state index in [0.717, 1.165) is 16.8 Å². The second kappa shape index (κ2) is 8.63. The van der Waals surface area contributed by atoms with E-state index in [2.05, 4.69) is 10.4 Å². The highest BCUT2D eigenvalue weighted by Crippen LogP contribution is 2.23. The standard InChI is InChI=1S/C21H20ClN3O2S/c1-13-8-9-16(12-17(13)22)25-20(26)11-10-19(24-25)28-15(3)21(27)23-18-7-5-4-6-14(18)2/h4-12,15H,1-3H3,(H,23,27)/t15-/m1/s1. The minimum absolute atomic E-state index is 0.128. The number of carbonyl (C=O) groups excluding carboxylic acids is 1. The van der Waals surface area contributed by atoms with Gasteiger partial charge in [0.05, 0.1) is 10.9 Å². The van der Waals surface area contributed by atoms with Crippen LogP contribution >= 0.6 is 23.4 Å². The van der Waals surface area contributed by atoms with Gasteiger partial charge in [-0.05, 0) is 56.2 Å². The van der Waals surface area contributed by atoms with E-state index in [4.69, 9.17) is 11.6 Å². The molecule has 3 rings (SSSR count). The van der Waals surface area contributed by atoms with Gasteiger partial charge in [-0.3, -0.25) is 9.59 Å². The van der Waals surface area contributed by atoms with Gasteiger partial charge in [0.1, 0.15) is 5.03 Å². The Morgan fingerprint density at radius 2 is 1.86 bits per heavy atom. The van der Waals surface area contributed by atoms with E-state index in [9.17, 15) is 9.59 Å². The molecular weight excluding hydrogens is 394 g/mol. The van der Waals surface area contributed by atoms with E-state index >= 15 is 0 Å². The SMILES string of the molecule is Cc1ccc(-n2nc(S[C@H](C)C(=O)Nc3ccccc3C)ccc2=O)cc1Cl. The number of halogens is 1. The Kier molecular flexibility index (Phi) is 6.21. The van der Waals surface area contributed by atoms with Crippen LogP contribution in [0.4, 0.5) is 5.69 Å². The molecule has 1 atom stereocenters. The molecule has 0 aliphatic rings. The van der Waals surface area contributed by atoms with Crippen molar-refractivity contribution in [1.29, 1.82) is 0 Å². The van der Waals surface area contributed by atoms with Crippen LogP contribution in [0.3, 0.4) is 0 Å². The minimum Gasteiger partial charge on any atom is -0.325 e. The Morgan fingerprint density at radius 3 is 2.57 bits per heavy atom. The van der Waals surface area contributed by atoms with E-state index in [1.165, 1.54) is 22.5 Å². The molecule has 0 unspecified atom stereocenters. The zero-order valence-corrected chi connectivity index (χ0v) is 17.3. The smallest absolute Gasteiger partial charge is 0.271 e. The third-order valence-electron chi connectivity index (χ3n) is 4.25. The number of hydrogen-bond donors (Lipinski definition) is 1. The fraction of sp³-hybridized carbons (Fsp3) is 0.190. The van der Waals surface area contributed by atoms with Crippen LogP contribution in [-0.2, 0) is 4.79 Å². The van der Waals surface area contributed by atoms with Gasteiger partial charge in [-0.2, -0.15) is 9.78 Å². The number of para-hydroxylation sites is 1. The summed E-state index contributed by atoms with van der Waals surface area (Å²) < 4.78 is 1.29. The molecule has 1 amide bonds. The number of aryl methyl sites for hydroxylation is 2. The van der Waals surface area contributed by atoms with Crippen LogP contribution in [0.25, 0.3) is 5.69 Å². The molecule has 1 heterocycles. The number of nitrogens with one attached hydrogen (secondary N) is 1. The number of benzene rings is 2. The Labute approximate surface area is 172 Å². The summed E-state index contributed by atoms with van der Waals surface area (Å²) in [6, 6.07) is 16.0. The average Bonchev–Trinajstić information content (AvgIpc) is 2.67. The number of aromatic nitrogens is 2. The maximum absolute atomic E-state index is 12.5. The predicted molar refractivity (Wildman–Crippen MR) is 115 cm³/mol. The summed E-state index contributed by atoms with van der Waals surface area (Å²) in [5, 5.41) is 8.07. The van der Waals surface area contributed by atoms with Crippen molar-refractivity contribution in [2.24, 2.45) is 0 Å². The van der Waals surface area contributed by atoms with Crippen molar-refractivity contribution < 1.29 is 4.79 Å². The molecular formula is C21H20ClN3O2S. The molecule has 7 heteroatoms. The number of anilines is 1. The lowest BCUT2D eigenvalue weighted by molar-refractivity contribution is -0.115. The average molecular weight is 414 g/mol. The van der Waals surface area contributed by atoms with E-state index in [-0.39, 0.29) is 16.7 Å². The fourth-order valence-electron chi connectivity index (χ4n) is 2.54. The number of thioether (sulfide) groups is 1. The molecule has 0 spiro atoms. The molecule has 0 aliphatic carbocycles. The third kappa shape index (κ3) is 4.64. The molecule has 0 bridgehead atoms. The second-order valence-electron chi connectivity index (χ2n) is 6.42. The number of nitrogens with zero attached hydrogens (tertiary/aromatic N) is 2. The molecule has 1 N–H and O–H groups in total. The lowest BCUT2D eigenvalue weighted by Gasteiger charge is -2.14. The molecule has 0 aliphatic heterocycles. The molecule has 0 radical (unpaired) electrons. The van der Waals surface area contributed by atoms with Crippen LogP contribution in [0.2, 0.25) is 5.02 Å². The van der Waals surface area contributed by atoms with Crippen molar-refractivity contribution in [3.8, 4) is 5.69 Å². The van der Waals surface area contributed by atoms with Gasteiger partial charge in [0.15, 0.2) is 0 Å². The Morgan fingerprint density at radius 1 is 1.11 bits per heavy atom. The Bertz CT molecular complexity index is 1080. The lowest BCUT2D eigenvalue weighted by atomic mass is 10.2. The number of rotatable bonds is 5. The summed E-state index contributed by atoms with van der Waals surface area (Å²) in [5.41, 5.74) is 3.02. The zero-order chi connectivity index (χ0) is 20.3. The maximum Gasteiger partial charge on any atom is 0.271 e. The van der Waals surface area contributed by atoms with Gasteiger partial charge in [0, 0.05) is 16.8 Å². The summed E-state index contributed by atoms with van der Waals surface area (Å²) >= 11 is 7.46. The van der Waals surface area contributed by atoms with E-state index in [0.29, 0.717) is 15.7 Å². The van der Waals surface area contributed by atoms with E-state index in [1.807, 2.05) is 44.2 Å². The Hall–Kier alpha value is -2.57. The van der Waals surface area contributed by atoms with Crippen molar-refractivity contribution >= 4 is 35.0 Å². The van der Waals surface area contributed by atoms with Crippen LogP contribution in [-0.4, -0.2) is 20.9 Å². The van der Waals surface area contributed by atoms with Crippen LogP contribution in [0.5, 0.6) is 0 Å². The van der Waals surface area contributed by atoms with Crippen molar-refractivity contribution in [1.82, 2.24) is 9.78 Å². The molecule has 0 saturated heterocycles. The second-order valence-corrected chi connectivity index (χ2v) is 8.19. The summed E-state index contributed by atoms with van der Waals surface area (Å²) in [4.78, 5) is 24.8.